The Morgan fingerprint density at radius 3 is 2.59 bits per heavy atom. The number of ether oxygens (including phenoxy) is 4. The van der Waals surface area contributed by atoms with E-state index in [2.05, 4.69) is 50.3 Å². The predicted molar refractivity (Wildman–Crippen MR) is 164 cm³/mol. The number of aliphatic hydroxyl groups is 1. The zero-order valence-electron chi connectivity index (χ0n) is 26.8. The van der Waals surface area contributed by atoms with Gasteiger partial charge < -0.3 is 24.1 Å². The Morgan fingerprint density at radius 2 is 1.82 bits per heavy atom. The third-order valence-corrected chi connectivity index (χ3v) is 15.2. The van der Waals surface area contributed by atoms with Crippen LogP contribution in [0.3, 0.4) is 0 Å². The van der Waals surface area contributed by atoms with Crippen LogP contribution in [-0.4, -0.2) is 48.9 Å². The first-order valence-corrected chi connectivity index (χ1v) is 17.2. The number of benzene rings is 1. The van der Waals surface area contributed by atoms with Crippen LogP contribution in [0.15, 0.2) is 53.6 Å². The molecule has 12 atom stereocenters. The molecule has 0 bridgehead atoms. The molecular weight excluding hydrogens is 552 g/mol. The fourth-order valence-corrected chi connectivity index (χ4v) is 12.9. The third kappa shape index (κ3) is 3.34. The zero-order valence-corrected chi connectivity index (χ0v) is 26.8. The highest BCUT2D eigenvalue weighted by molar-refractivity contribution is 5.92. The van der Waals surface area contributed by atoms with Gasteiger partial charge in [0.25, 0.3) is 0 Å². The second kappa shape index (κ2) is 8.87. The van der Waals surface area contributed by atoms with Crippen molar-refractivity contribution in [1.29, 1.82) is 0 Å². The average Bonchev–Trinajstić information content (AvgIpc) is 3.22. The normalized spacial score (nSPS) is 53.5. The van der Waals surface area contributed by atoms with Crippen molar-refractivity contribution in [2.45, 2.75) is 102 Å². The van der Waals surface area contributed by atoms with E-state index in [0.29, 0.717) is 30.8 Å². The third-order valence-electron chi connectivity index (χ3n) is 15.2. The summed E-state index contributed by atoms with van der Waals surface area (Å²) in [5.74, 6) is 0.492. The van der Waals surface area contributed by atoms with E-state index >= 15 is 0 Å². The lowest BCUT2D eigenvalue weighted by molar-refractivity contribution is -0.191. The summed E-state index contributed by atoms with van der Waals surface area (Å²) in [5.41, 5.74) is 3.22. The van der Waals surface area contributed by atoms with Gasteiger partial charge in [0, 0.05) is 29.9 Å². The lowest BCUT2D eigenvalue weighted by Crippen LogP contribution is -2.61. The molecule has 6 fully saturated rings. The van der Waals surface area contributed by atoms with Gasteiger partial charge >= 0.3 is 5.97 Å². The van der Waals surface area contributed by atoms with E-state index in [4.69, 9.17) is 18.9 Å². The minimum Gasteiger partial charge on any atom is -0.426 e. The number of esters is 1. The molecule has 3 aliphatic heterocycles. The van der Waals surface area contributed by atoms with Crippen molar-refractivity contribution in [1.82, 2.24) is 0 Å². The topological polar surface area (TPSA) is 74.2 Å². The van der Waals surface area contributed by atoms with Gasteiger partial charge in [-0.1, -0.05) is 55.8 Å². The molecule has 6 nitrogen and oxygen atoms in total. The van der Waals surface area contributed by atoms with Gasteiger partial charge in [-0.15, -0.1) is 0 Å². The molecule has 1 aromatic carbocycles. The lowest BCUT2D eigenvalue weighted by atomic mass is 9.42. The van der Waals surface area contributed by atoms with E-state index in [1.54, 1.807) is 12.7 Å². The number of carbonyl (C=O) groups excluding carboxylic acids is 1. The molecule has 44 heavy (non-hydrogen) atoms. The van der Waals surface area contributed by atoms with E-state index in [-0.39, 0.29) is 45.8 Å². The summed E-state index contributed by atoms with van der Waals surface area (Å²) in [5, 5.41) is 12.3. The molecule has 6 heteroatoms. The molecule has 9 rings (SSSR count). The number of rotatable bonds is 3. The SMILES string of the molecule is CO[C@@]1(C)CO[C@]2(C=C([C@@H]3CC[C@]45C[C@]34CC[C@@H]3[C@H]4CC=C6C[C@@H](c7ccccc7)OC[C@]6(C)[C@@H]4C[C@@H](O)[C@]35C)C(=O)O2)C1. The number of methoxy groups -OCH3 is 1. The number of hydrogen-bond donors (Lipinski definition) is 1. The highest BCUT2D eigenvalue weighted by Crippen LogP contribution is 2.90. The monoisotopic (exact) mass is 600 g/mol. The summed E-state index contributed by atoms with van der Waals surface area (Å²) >= 11 is 0. The smallest absolute Gasteiger partial charge is 0.336 e. The summed E-state index contributed by atoms with van der Waals surface area (Å²) in [6, 6.07) is 10.7. The molecule has 0 aromatic heterocycles. The molecule has 4 saturated carbocycles. The standard InChI is InChI=1S/C38H48O6/c1-33(41-4)19-38(43-21-33)18-26(32(40)44-38)28-13-15-37-20-36(28,37)14-12-27-25-11-10-24-16-30(23-8-6-5-7-9-23)42-22-34(24,2)29(25)17-31(39)35(27,37)3/h5-10,18,25,27-31,39H,11-17,19-22H2,1-4H3/t25-,27-,28+,29-,30+,31-,33-,34+,35+,36-,37-,38+/m1/s1. The second-order valence-electron chi connectivity index (χ2n) is 16.7. The maximum absolute atomic E-state index is 13.5. The maximum atomic E-state index is 13.5. The van der Waals surface area contributed by atoms with Gasteiger partial charge in [-0.05, 0) is 104 Å². The van der Waals surface area contributed by atoms with Crippen LogP contribution in [0, 0.1) is 45.3 Å². The van der Waals surface area contributed by atoms with Crippen LogP contribution >= 0.6 is 0 Å². The Kier molecular flexibility index (Phi) is 5.70. The van der Waals surface area contributed by atoms with Gasteiger partial charge in [-0.2, -0.15) is 0 Å². The Balaban J connectivity index is 1.00. The average molecular weight is 601 g/mol. The molecular formula is C38H48O6. The van der Waals surface area contributed by atoms with E-state index in [9.17, 15) is 9.90 Å². The quantitative estimate of drug-likeness (QED) is 0.308. The molecule has 1 aromatic rings. The van der Waals surface area contributed by atoms with Crippen LogP contribution in [0.2, 0.25) is 0 Å². The van der Waals surface area contributed by atoms with Crippen LogP contribution in [-0.2, 0) is 23.7 Å². The Bertz CT molecular complexity index is 1470. The van der Waals surface area contributed by atoms with Crippen molar-refractivity contribution < 1.29 is 28.8 Å². The molecule has 2 saturated heterocycles. The Morgan fingerprint density at radius 1 is 1.00 bits per heavy atom. The van der Waals surface area contributed by atoms with E-state index in [1.807, 2.05) is 13.0 Å². The Hall–Kier alpha value is -1.99. The van der Waals surface area contributed by atoms with Crippen LogP contribution in [0.5, 0.6) is 0 Å². The minimum absolute atomic E-state index is 0.0187. The maximum Gasteiger partial charge on any atom is 0.336 e. The molecule has 8 aliphatic rings. The number of aliphatic hydroxyl groups excluding tert-OH is 1. The van der Waals surface area contributed by atoms with Gasteiger partial charge in [-0.25, -0.2) is 4.79 Å². The summed E-state index contributed by atoms with van der Waals surface area (Å²) in [7, 11) is 1.70. The molecule has 0 amide bonds. The molecule has 1 N–H and O–H groups in total. The number of fused-ring (bicyclic) bond motifs is 5. The van der Waals surface area contributed by atoms with Crippen LogP contribution in [0.1, 0.15) is 90.2 Å². The first-order chi connectivity index (χ1) is 21.0. The summed E-state index contributed by atoms with van der Waals surface area (Å²) in [6.45, 7) is 8.04. The summed E-state index contributed by atoms with van der Waals surface area (Å²) < 4.78 is 24.4. The van der Waals surface area contributed by atoms with Crippen molar-refractivity contribution in [2.24, 2.45) is 45.3 Å². The molecule has 5 aliphatic carbocycles. The van der Waals surface area contributed by atoms with Gasteiger partial charge in [0.1, 0.15) is 0 Å². The lowest BCUT2D eigenvalue weighted by Gasteiger charge is -2.64. The number of hydrogen-bond acceptors (Lipinski definition) is 6. The van der Waals surface area contributed by atoms with Gasteiger partial charge in [0.05, 0.1) is 31.0 Å². The summed E-state index contributed by atoms with van der Waals surface area (Å²) in [4.78, 5) is 13.5. The molecule has 3 heterocycles. The zero-order chi connectivity index (χ0) is 30.3. The number of carbonyl (C=O) groups is 1. The van der Waals surface area contributed by atoms with E-state index in [1.165, 1.54) is 5.56 Å². The molecule has 0 radical (unpaired) electrons. The number of allylic oxidation sites excluding steroid dienone is 1. The first-order valence-electron chi connectivity index (χ1n) is 17.2. The second-order valence-corrected chi connectivity index (χ2v) is 16.7. The highest BCUT2D eigenvalue weighted by atomic mass is 16.7. The van der Waals surface area contributed by atoms with E-state index in [0.717, 1.165) is 63.5 Å². The van der Waals surface area contributed by atoms with Crippen molar-refractivity contribution in [3.8, 4) is 0 Å². The van der Waals surface area contributed by atoms with Crippen molar-refractivity contribution >= 4 is 5.97 Å². The predicted octanol–water partition coefficient (Wildman–Crippen LogP) is 6.69. The first kappa shape index (κ1) is 28.3. The highest BCUT2D eigenvalue weighted by Gasteiger charge is 2.84. The van der Waals surface area contributed by atoms with Crippen LogP contribution in [0.25, 0.3) is 0 Å². The van der Waals surface area contributed by atoms with Crippen LogP contribution < -0.4 is 0 Å². The Labute approximate surface area is 261 Å². The minimum atomic E-state index is -0.990. The van der Waals surface area contributed by atoms with Gasteiger partial charge in [0.15, 0.2) is 0 Å². The molecule has 0 unspecified atom stereocenters. The van der Waals surface area contributed by atoms with Crippen molar-refractivity contribution in [3.63, 3.8) is 0 Å². The van der Waals surface area contributed by atoms with Gasteiger partial charge in [-0.3, -0.25) is 0 Å². The van der Waals surface area contributed by atoms with Gasteiger partial charge in [0.2, 0.25) is 5.79 Å². The molecule has 1 spiro atoms. The van der Waals surface area contributed by atoms with Crippen LogP contribution in [0.4, 0.5) is 0 Å². The summed E-state index contributed by atoms with van der Waals surface area (Å²) in [6.07, 6.45) is 13.3. The molecule has 236 valence electrons. The fraction of sp³-hybridized carbons (Fsp3) is 0.711. The van der Waals surface area contributed by atoms with Crippen molar-refractivity contribution in [3.05, 3.63) is 59.2 Å². The largest absolute Gasteiger partial charge is 0.426 e. The fourth-order valence-electron chi connectivity index (χ4n) is 12.9. The van der Waals surface area contributed by atoms with E-state index < -0.39 is 11.4 Å². The van der Waals surface area contributed by atoms with Crippen molar-refractivity contribution in [2.75, 3.05) is 20.3 Å².